The van der Waals surface area contributed by atoms with Crippen LogP contribution in [0.5, 0.6) is 0 Å². The Kier molecular flexibility index (Phi) is 2.23. The lowest BCUT2D eigenvalue weighted by Gasteiger charge is -1.96. The van der Waals surface area contributed by atoms with Gasteiger partial charge in [0.15, 0.2) is 0 Å². The number of hydrogen-bond acceptors (Lipinski definition) is 2. The molecular formula is C7H7BNO. The van der Waals surface area contributed by atoms with Gasteiger partial charge >= 0.3 is 7.48 Å². The number of rotatable bonds is 2. The number of pyridine rings is 1. The second kappa shape index (κ2) is 3.18. The summed E-state index contributed by atoms with van der Waals surface area (Å²) in [5.74, 6) is 0. The molecule has 0 bridgehead atoms. The molecule has 1 heterocycles. The third kappa shape index (κ3) is 1.45. The van der Waals surface area contributed by atoms with Crippen molar-refractivity contribution < 1.29 is 5.02 Å². The van der Waals surface area contributed by atoms with Crippen LogP contribution in [0.1, 0.15) is 5.56 Å². The van der Waals surface area contributed by atoms with Crippen molar-refractivity contribution in [1.29, 1.82) is 0 Å². The third-order valence-electron chi connectivity index (χ3n) is 1.19. The second-order valence-electron chi connectivity index (χ2n) is 1.90. The lowest BCUT2D eigenvalue weighted by Crippen LogP contribution is -1.92. The van der Waals surface area contributed by atoms with E-state index in [9.17, 15) is 0 Å². The molecule has 0 unspecified atom stereocenters. The van der Waals surface area contributed by atoms with Gasteiger partial charge in [0, 0.05) is 12.4 Å². The van der Waals surface area contributed by atoms with Crippen molar-refractivity contribution in [2.24, 2.45) is 0 Å². The lowest BCUT2D eigenvalue weighted by molar-refractivity contribution is 0.616. The monoisotopic (exact) mass is 132 g/mol. The molecule has 0 aliphatic carbocycles. The Morgan fingerprint density at radius 3 is 3.00 bits per heavy atom. The molecule has 3 heteroatoms. The summed E-state index contributed by atoms with van der Waals surface area (Å²) in [6.07, 6.45) is 3.32. The van der Waals surface area contributed by atoms with E-state index in [1.165, 1.54) is 0 Å². The van der Waals surface area contributed by atoms with Gasteiger partial charge in [0.1, 0.15) is 0 Å². The quantitative estimate of drug-likeness (QED) is 0.599. The van der Waals surface area contributed by atoms with Crippen molar-refractivity contribution in [3.8, 4) is 0 Å². The van der Waals surface area contributed by atoms with E-state index in [1.807, 2.05) is 6.07 Å². The van der Waals surface area contributed by atoms with Gasteiger partial charge < -0.3 is 5.02 Å². The van der Waals surface area contributed by atoms with Crippen LogP contribution in [0.15, 0.2) is 31.1 Å². The third-order valence-corrected chi connectivity index (χ3v) is 1.19. The summed E-state index contributed by atoms with van der Waals surface area (Å²) in [4.78, 5) is 3.86. The van der Waals surface area contributed by atoms with E-state index in [-0.39, 0.29) is 0 Å². The van der Waals surface area contributed by atoms with Crippen LogP contribution in [-0.2, 0) is 0 Å². The molecule has 0 atom stereocenters. The predicted octanol–water partition coefficient (Wildman–Crippen LogP) is 0.664. The van der Waals surface area contributed by atoms with E-state index in [0.29, 0.717) is 5.47 Å². The maximum Gasteiger partial charge on any atom is 0.326 e. The SMILES string of the molecule is C=C([B]O)c1cccnc1. The van der Waals surface area contributed by atoms with Crippen LogP contribution in [0.2, 0.25) is 0 Å². The van der Waals surface area contributed by atoms with Crippen molar-refractivity contribution >= 4 is 13.0 Å². The van der Waals surface area contributed by atoms with Crippen LogP contribution in [0, 0.1) is 0 Å². The van der Waals surface area contributed by atoms with Crippen molar-refractivity contribution in [2.45, 2.75) is 0 Å². The Bertz CT molecular complexity index is 222. The number of aromatic nitrogens is 1. The van der Waals surface area contributed by atoms with Crippen LogP contribution in [0.3, 0.4) is 0 Å². The summed E-state index contributed by atoms with van der Waals surface area (Å²) < 4.78 is 0. The fraction of sp³-hybridized carbons (Fsp3) is 0. The molecule has 0 amide bonds. The van der Waals surface area contributed by atoms with Crippen molar-refractivity contribution in [1.82, 2.24) is 4.98 Å². The van der Waals surface area contributed by atoms with Crippen LogP contribution in [0.25, 0.3) is 5.47 Å². The standard InChI is InChI=1S/C7H7BNO/c1-6(8-10)7-3-2-4-9-5-7/h2-5,10H,1H2. The molecule has 1 aromatic heterocycles. The molecule has 0 spiro atoms. The molecule has 2 nitrogen and oxygen atoms in total. The molecule has 0 aromatic carbocycles. The molecule has 0 saturated heterocycles. The van der Waals surface area contributed by atoms with Crippen LogP contribution >= 0.6 is 0 Å². The van der Waals surface area contributed by atoms with E-state index in [2.05, 4.69) is 11.6 Å². The maximum atomic E-state index is 8.54. The minimum absolute atomic E-state index is 0.577. The highest BCUT2D eigenvalue weighted by Gasteiger charge is 1.96. The van der Waals surface area contributed by atoms with E-state index in [0.717, 1.165) is 13.0 Å². The van der Waals surface area contributed by atoms with E-state index in [4.69, 9.17) is 5.02 Å². The summed E-state index contributed by atoms with van der Waals surface area (Å²) in [6, 6.07) is 3.63. The van der Waals surface area contributed by atoms with Gasteiger partial charge in [-0.3, -0.25) is 4.98 Å². The fourth-order valence-electron chi connectivity index (χ4n) is 0.627. The van der Waals surface area contributed by atoms with Gasteiger partial charge in [-0.25, -0.2) is 0 Å². The van der Waals surface area contributed by atoms with Crippen LogP contribution in [-0.4, -0.2) is 17.5 Å². The highest BCUT2D eigenvalue weighted by atomic mass is 16.2. The minimum atomic E-state index is 0.577. The zero-order valence-corrected chi connectivity index (χ0v) is 5.49. The van der Waals surface area contributed by atoms with Gasteiger partial charge in [0.25, 0.3) is 0 Å². The summed E-state index contributed by atoms with van der Waals surface area (Å²) in [5, 5.41) is 8.54. The molecule has 0 aliphatic rings. The molecule has 49 valence electrons. The largest absolute Gasteiger partial charge is 0.450 e. The summed E-state index contributed by atoms with van der Waals surface area (Å²) in [6.45, 7) is 3.60. The highest BCUT2D eigenvalue weighted by molar-refractivity contribution is 6.53. The smallest absolute Gasteiger partial charge is 0.326 e. The first kappa shape index (κ1) is 7.03. The van der Waals surface area contributed by atoms with Gasteiger partial charge in [-0.2, -0.15) is 0 Å². The van der Waals surface area contributed by atoms with E-state index in [1.54, 1.807) is 18.5 Å². The zero-order chi connectivity index (χ0) is 7.40. The van der Waals surface area contributed by atoms with Gasteiger partial charge in [0.05, 0.1) is 0 Å². The Morgan fingerprint density at radius 2 is 2.50 bits per heavy atom. The number of hydrogen-bond donors (Lipinski definition) is 1. The average molecular weight is 132 g/mol. The Morgan fingerprint density at radius 1 is 1.70 bits per heavy atom. The first-order valence-corrected chi connectivity index (χ1v) is 2.91. The van der Waals surface area contributed by atoms with Crippen molar-refractivity contribution in [3.63, 3.8) is 0 Å². The summed E-state index contributed by atoms with van der Waals surface area (Å²) in [5.41, 5.74) is 1.41. The lowest BCUT2D eigenvalue weighted by atomic mass is 9.85. The Hall–Kier alpha value is -1.09. The minimum Gasteiger partial charge on any atom is -0.450 e. The molecule has 1 N–H and O–H groups in total. The van der Waals surface area contributed by atoms with Crippen molar-refractivity contribution in [3.05, 3.63) is 36.7 Å². The fourth-order valence-corrected chi connectivity index (χ4v) is 0.627. The molecule has 0 aliphatic heterocycles. The predicted molar refractivity (Wildman–Crippen MR) is 41.2 cm³/mol. The Balaban J connectivity index is 2.85. The van der Waals surface area contributed by atoms with Gasteiger partial charge in [-0.1, -0.05) is 11.5 Å². The van der Waals surface area contributed by atoms with Gasteiger partial charge in [-0.05, 0) is 11.6 Å². The molecule has 1 rings (SSSR count). The normalized spacial score (nSPS) is 8.90. The average Bonchev–Trinajstić information content (AvgIpc) is 2.05. The Labute approximate surface area is 60.5 Å². The zero-order valence-electron chi connectivity index (χ0n) is 5.49. The summed E-state index contributed by atoms with van der Waals surface area (Å²) in [7, 11) is 0.969. The molecular weight excluding hydrogens is 125 g/mol. The van der Waals surface area contributed by atoms with Crippen LogP contribution < -0.4 is 0 Å². The molecule has 0 fully saturated rings. The molecule has 1 radical (unpaired) electrons. The second-order valence-corrected chi connectivity index (χ2v) is 1.90. The van der Waals surface area contributed by atoms with E-state index >= 15 is 0 Å². The molecule has 0 saturated carbocycles. The molecule has 1 aromatic rings. The first-order valence-electron chi connectivity index (χ1n) is 2.91. The highest BCUT2D eigenvalue weighted by Crippen LogP contribution is 2.06. The van der Waals surface area contributed by atoms with Gasteiger partial charge in [0.2, 0.25) is 0 Å². The maximum absolute atomic E-state index is 8.54. The first-order chi connectivity index (χ1) is 4.84. The van der Waals surface area contributed by atoms with E-state index < -0.39 is 0 Å². The topological polar surface area (TPSA) is 33.1 Å². The summed E-state index contributed by atoms with van der Waals surface area (Å²) >= 11 is 0. The van der Waals surface area contributed by atoms with Crippen LogP contribution in [0.4, 0.5) is 0 Å². The van der Waals surface area contributed by atoms with Crippen molar-refractivity contribution in [2.75, 3.05) is 0 Å². The number of nitrogens with zero attached hydrogens (tertiary/aromatic N) is 1. The molecule has 10 heavy (non-hydrogen) atoms. The van der Waals surface area contributed by atoms with Gasteiger partial charge in [-0.15, -0.1) is 6.58 Å².